The van der Waals surface area contributed by atoms with Crippen molar-refractivity contribution >= 4 is 59.3 Å². The van der Waals surface area contributed by atoms with Crippen LogP contribution in [-0.4, -0.2) is 0 Å². The second-order valence-electron chi connectivity index (χ2n) is 15.2. The molecule has 0 N–H and O–H groups in total. The molecule has 0 fully saturated rings. The van der Waals surface area contributed by atoms with Gasteiger partial charge >= 0.3 is 0 Å². The Hall–Kier alpha value is -7.52. The van der Waals surface area contributed by atoms with Crippen LogP contribution in [0, 0.1) is 0 Å². The van der Waals surface area contributed by atoms with E-state index in [2.05, 4.69) is 241 Å². The smallest absolute Gasteiger partial charge is 0.0640 e. The van der Waals surface area contributed by atoms with Crippen molar-refractivity contribution < 1.29 is 0 Å². The molecule has 0 amide bonds. The van der Waals surface area contributed by atoms with E-state index in [1.807, 2.05) is 11.3 Å². The molecule has 10 aromatic carbocycles. The van der Waals surface area contributed by atoms with Crippen LogP contribution in [-0.2, 0) is 0 Å². The van der Waals surface area contributed by atoms with Crippen LogP contribution >= 0.6 is 11.3 Å². The van der Waals surface area contributed by atoms with Gasteiger partial charge in [0.15, 0.2) is 0 Å². The Kier molecular flexibility index (Phi) is 9.11. The van der Waals surface area contributed by atoms with E-state index >= 15 is 0 Å². The van der Waals surface area contributed by atoms with Crippen LogP contribution in [0.3, 0.4) is 0 Å². The summed E-state index contributed by atoms with van der Waals surface area (Å²) < 4.78 is 2.57. The van der Waals surface area contributed by atoms with Gasteiger partial charge in [-0.25, -0.2) is 0 Å². The highest BCUT2D eigenvalue weighted by molar-refractivity contribution is 7.26. The van der Waals surface area contributed by atoms with Gasteiger partial charge in [-0.3, -0.25) is 0 Å². The highest BCUT2D eigenvalue weighted by atomic mass is 32.1. The van der Waals surface area contributed by atoms with Crippen LogP contribution < -0.4 is 4.90 Å². The van der Waals surface area contributed by atoms with E-state index in [0.717, 1.165) is 11.4 Å². The summed E-state index contributed by atoms with van der Waals surface area (Å²) in [5.41, 5.74) is 15.6. The van der Waals surface area contributed by atoms with Gasteiger partial charge in [-0.1, -0.05) is 194 Å². The largest absolute Gasteiger partial charge is 0.309 e. The summed E-state index contributed by atoms with van der Waals surface area (Å²) in [6.45, 7) is 0. The van der Waals surface area contributed by atoms with E-state index in [4.69, 9.17) is 0 Å². The maximum Gasteiger partial charge on any atom is 0.0640 e. The molecule has 0 aliphatic heterocycles. The SMILES string of the molecule is c1ccc(-c2ccccc2-c2ccccc2-c2ccc(N(c3ccc(-c4ccc5c(-c6ccccc6)cccc5c4)cc3)c3cccc4c3sc3ccccc34)cc2)cc1. The van der Waals surface area contributed by atoms with Crippen molar-refractivity contribution in [1.82, 2.24) is 0 Å². The maximum absolute atomic E-state index is 2.43. The van der Waals surface area contributed by atoms with Gasteiger partial charge in [0.2, 0.25) is 0 Å². The molecule has 2 heteroatoms. The quantitative estimate of drug-likeness (QED) is 0.148. The van der Waals surface area contributed by atoms with E-state index < -0.39 is 0 Å². The minimum atomic E-state index is 1.11. The Bertz CT molecular complexity index is 3290. The third-order valence-corrected chi connectivity index (χ3v) is 12.9. The molecule has 0 unspecified atom stereocenters. The van der Waals surface area contributed by atoms with E-state index in [-0.39, 0.29) is 0 Å². The fourth-order valence-electron chi connectivity index (χ4n) is 8.82. The lowest BCUT2D eigenvalue weighted by atomic mass is 9.89. The van der Waals surface area contributed by atoms with Crippen molar-refractivity contribution in [2.24, 2.45) is 0 Å². The minimum Gasteiger partial charge on any atom is -0.309 e. The average Bonchev–Trinajstić information content (AvgIpc) is 3.72. The molecule has 0 aliphatic rings. The molecular weight excluding hydrogens is 743 g/mol. The number of anilines is 3. The minimum absolute atomic E-state index is 1.11. The number of thiophene rings is 1. The molecule has 0 bridgehead atoms. The van der Waals surface area contributed by atoms with Gasteiger partial charge in [-0.2, -0.15) is 0 Å². The van der Waals surface area contributed by atoms with Crippen LogP contribution in [0.4, 0.5) is 17.1 Å². The number of nitrogens with zero attached hydrogens (tertiary/aromatic N) is 1. The predicted molar refractivity (Wildman–Crippen MR) is 259 cm³/mol. The maximum atomic E-state index is 2.43. The number of benzene rings is 10. The van der Waals surface area contributed by atoms with Gasteiger partial charge < -0.3 is 4.90 Å². The molecule has 0 radical (unpaired) electrons. The van der Waals surface area contributed by atoms with Crippen LogP contribution in [0.15, 0.2) is 237 Å². The van der Waals surface area contributed by atoms with Gasteiger partial charge in [0.05, 0.1) is 10.4 Å². The summed E-state index contributed by atoms with van der Waals surface area (Å²) in [5.74, 6) is 0. The van der Waals surface area contributed by atoms with E-state index in [1.165, 1.54) is 92.3 Å². The van der Waals surface area contributed by atoms with Gasteiger partial charge in [0, 0.05) is 26.8 Å². The molecule has 0 atom stereocenters. The lowest BCUT2D eigenvalue weighted by molar-refractivity contribution is 1.30. The zero-order valence-corrected chi connectivity index (χ0v) is 33.7. The predicted octanol–water partition coefficient (Wildman–Crippen LogP) is 17.0. The molecule has 1 heterocycles. The number of fused-ring (bicyclic) bond motifs is 4. The molecule has 0 spiro atoms. The molecule has 60 heavy (non-hydrogen) atoms. The first-order valence-electron chi connectivity index (χ1n) is 20.5. The third-order valence-electron chi connectivity index (χ3n) is 11.7. The molecule has 1 aromatic heterocycles. The summed E-state index contributed by atoms with van der Waals surface area (Å²) >= 11 is 1.86. The number of hydrogen-bond acceptors (Lipinski definition) is 2. The Balaban J connectivity index is 1.000. The fourth-order valence-corrected chi connectivity index (χ4v) is 10.0. The highest BCUT2D eigenvalue weighted by Crippen LogP contribution is 2.46. The molecule has 0 saturated carbocycles. The van der Waals surface area contributed by atoms with Crippen molar-refractivity contribution in [2.45, 2.75) is 0 Å². The summed E-state index contributed by atoms with van der Waals surface area (Å²) in [5, 5.41) is 5.08. The van der Waals surface area contributed by atoms with E-state index in [9.17, 15) is 0 Å². The number of hydrogen-bond donors (Lipinski definition) is 0. The first-order valence-corrected chi connectivity index (χ1v) is 21.3. The molecular formula is C58H39NS. The Morgan fingerprint density at radius 1 is 0.283 bits per heavy atom. The molecule has 282 valence electrons. The zero-order valence-electron chi connectivity index (χ0n) is 32.9. The van der Waals surface area contributed by atoms with Crippen molar-refractivity contribution in [3.63, 3.8) is 0 Å². The van der Waals surface area contributed by atoms with Crippen LogP contribution in [0.5, 0.6) is 0 Å². The first kappa shape index (κ1) is 35.6. The standard InChI is InChI=1S/C58H39NS/c1-3-15-41(16-4-1)48-25-13-19-45-39-44(33-38-51(45)48)40-29-34-46(35-30-40)59(56-27-14-26-55-54-24-11-12-28-57(54)60-58(55)56)47-36-31-43(32-37-47)50-21-8-10-23-53(50)52-22-9-7-20-49(52)42-17-5-2-6-18-42/h1-39H. The zero-order chi connectivity index (χ0) is 39.8. The Morgan fingerprint density at radius 2 is 0.767 bits per heavy atom. The van der Waals surface area contributed by atoms with Crippen molar-refractivity contribution in [2.75, 3.05) is 4.90 Å². The van der Waals surface area contributed by atoms with Crippen LogP contribution in [0.2, 0.25) is 0 Å². The second-order valence-corrected chi connectivity index (χ2v) is 16.3. The van der Waals surface area contributed by atoms with Crippen LogP contribution in [0.25, 0.3) is 86.6 Å². The van der Waals surface area contributed by atoms with E-state index in [0.29, 0.717) is 0 Å². The Morgan fingerprint density at radius 3 is 1.43 bits per heavy atom. The van der Waals surface area contributed by atoms with Crippen molar-refractivity contribution in [1.29, 1.82) is 0 Å². The van der Waals surface area contributed by atoms with E-state index in [1.54, 1.807) is 0 Å². The normalized spacial score (nSPS) is 11.3. The highest BCUT2D eigenvalue weighted by Gasteiger charge is 2.19. The molecule has 0 aliphatic carbocycles. The monoisotopic (exact) mass is 781 g/mol. The Labute approximate surface area is 354 Å². The molecule has 11 aromatic rings. The second kappa shape index (κ2) is 15.3. The fraction of sp³-hybridized carbons (Fsp3) is 0. The van der Waals surface area contributed by atoms with Gasteiger partial charge in [0.1, 0.15) is 0 Å². The lowest BCUT2D eigenvalue weighted by Crippen LogP contribution is -2.10. The molecule has 1 nitrogen and oxygen atoms in total. The summed E-state index contributed by atoms with van der Waals surface area (Å²) in [4.78, 5) is 2.43. The summed E-state index contributed by atoms with van der Waals surface area (Å²) in [7, 11) is 0. The number of rotatable bonds is 8. The van der Waals surface area contributed by atoms with Crippen molar-refractivity contribution in [3.05, 3.63) is 237 Å². The summed E-state index contributed by atoms with van der Waals surface area (Å²) in [6.07, 6.45) is 0. The lowest BCUT2D eigenvalue weighted by Gasteiger charge is -2.26. The molecule has 11 rings (SSSR count). The topological polar surface area (TPSA) is 3.24 Å². The van der Waals surface area contributed by atoms with Gasteiger partial charge in [0.25, 0.3) is 0 Å². The van der Waals surface area contributed by atoms with Crippen LogP contribution in [0.1, 0.15) is 0 Å². The molecule has 0 saturated heterocycles. The first-order chi connectivity index (χ1) is 29.8. The van der Waals surface area contributed by atoms with Gasteiger partial charge in [-0.15, -0.1) is 11.3 Å². The third kappa shape index (κ3) is 6.44. The van der Waals surface area contributed by atoms with Gasteiger partial charge in [-0.05, 0) is 109 Å². The average molecular weight is 782 g/mol. The van der Waals surface area contributed by atoms with Crippen molar-refractivity contribution in [3.8, 4) is 55.6 Å². The summed E-state index contributed by atoms with van der Waals surface area (Å²) in [6, 6.07) is 86.0.